The van der Waals surface area contributed by atoms with Gasteiger partial charge in [0.2, 0.25) is 5.91 Å². The molecule has 2 aliphatic heterocycles. The van der Waals surface area contributed by atoms with Crippen LogP contribution in [0, 0.1) is 5.41 Å². The number of amidine groups is 1. The summed E-state index contributed by atoms with van der Waals surface area (Å²) in [5.41, 5.74) is 4.87. The van der Waals surface area contributed by atoms with E-state index in [1.165, 1.54) is 12.8 Å². The number of hydrogen-bond acceptors (Lipinski definition) is 4. The quantitative estimate of drug-likeness (QED) is 0.355. The minimum Gasteiger partial charge on any atom is -0.409 e. The molecule has 2 heterocycles. The van der Waals surface area contributed by atoms with Crippen LogP contribution in [0.2, 0.25) is 0 Å². The van der Waals surface area contributed by atoms with E-state index < -0.39 is 5.41 Å². The molecule has 1 amide bonds. The zero-order valence-corrected chi connectivity index (χ0v) is 13.4. The molecule has 0 aromatic heterocycles. The molecule has 0 saturated carbocycles. The number of hydrogen-bond donors (Lipinski definition) is 2. The molecule has 6 heteroatoms. The fraction of sp³-hybridized carbons (Fsp3) is 0.867. The molecule has 2 fully saturated rings. The maximum absolute atomic E-state index is 13.0. The monoisotopic (exact) mass is 296 g/mol. The Balaban J connectivity index is 2.18. The molecule has 6 nitrogen and oxygen atoms in total. The van der Waals surface area contributed by atoms with Gasteiger partial charge in [0.15, 0.2) is 5.84 Å². The van der Waals surface area contributed by atoms with E-state index in [2.05, 4.69) is 17.0 Å². The van der Waals surface area contributed by atoms with Crippen molar-refractivity contribution in [1.29, 1.82) is 0 Å². The molecule has 3 unspecified atom stereocenters. The van der Waals surface area contributed by atoms with Gasteiger partial charge in [-0.25, -0.2) is 0 Å². The van der Waals surface area contributed by atoms with Crippen LogP contribution < -0.4 is 5.73 Å². The minimum atomic E-state index is -0.917. The van der Waals surface area contributed by atoms with Gasteiger partial charge in [0.1, 0.15) is 5.41 Å². The molecule has 3 N–H and O–H groups in total. The number of fused-ring (bicyclic) bond motifs is 1. The number of nitrogens with zero attached hydrogens (tertiary/aromatic N) is 3. The first-order valence-electron chi connectivity index (χ1n) is 7.97. The minimum absolute atomic E-state index is 0.00766. The van der Waals surface area contributed by atoms with Crippen molar-refractivity contribution in [2.75, 3.05) is 19.6 Å². The van der Waals surface area contributed by atoms with Gasteiger partial charge in [-0.3, -0.25) is 9.69 Å². The summed E-state index contributed by atoms with van der Waals surface area (Å²) in [5.74, 6) is -0.00806. The van der Waals surface area contributed by atoms with Crippen LogP contribution in [0.5, 0.6) is 0 Å². The second-order valence-electron chi connectivity index (χ2n) is 6.62. The molecule has 0 spiro atoms. The molecule has 120 valence electrons. The fourth-order valence-electron chi connectivity index (χ4n) is 3.50. The van der Waals surface area contributed by atoms with Crippen molar-refractivity contribution in [2.45, 2.75) is 58.5 Å². The van der Waals surface area contributed by atoms with Crippen LogP contribution >= 0.6 is 0 Å². The molecule has 2 rings (SSSR count). The third-order valence-corrected chi connectivity index (χ3v) is 5.30. The van der Waals surface area contributed by atoms with Crippen LogP contribution in [0.15, 0.2) is 5.16 Å². The summed E-state index contributed by atoms with van der Waals surface area (Å²) in [6.45, 7) is 8.58. The molecule has 0 aliphatic carbocycles. The lowest BCUT2D eigenvalue weighted by Crippen LogP contribution is -2.63. The van der Waals surface area contributed by atoms with Gasteiger partial charge in [0.05, 0.1) is 0 Å². The predicted octanol–water partition coefficient (Wildman–Crippen LogP) is 1.23. The van der Waals surface area contributed by atoms with Gasteiger partial charge in [-0.15, -0.1) is 0 Å². The number of amides is 1. The normalized spacial score (nSPS) is 30.6. The molecule has 3 atom stereocenters. The van der Waals surface area contributed by atoms with Crippen molar-refractivity contribution in [3.8, 4) is 0 Å². The predicted molar refractivity (Wildman–Crippen MR) is 82.2 cm³/mol. The van der Waals surface area contributed by atoms with Gasteiger partial charge in [-0.1, -0.05) is 18.5 Å². The maximum atomic E-state index is 13.0. The van der Waals surface area contributed by atoms with Crippen LogP contribution in [-0.4, -0.2) is 58.5 Å². The van der Waals surface area contributed by atoms with Gasteiger partial charge in [0, 0.05) is 25.2 Å². The van der Waals surface area contributed by atoms with Gasteiger partial charge in [-0.05, 0) is 39.7 Å². The molecule has 0 radical (unpaired) electrons. The summed E-state index contributed by atoms with van der Waals surface area (Å²) >= 11 is 0. The van der Waals surface area contributed by atoms with Crippen molar-refractivity contribution in [2.24, 2.45) is 16.3 Å². The number of carbonyl (C=O) groups is 1. The first-order valence-corrected chi connectivity index (χ1v) is 7.97. The van der Waals surface area contributed by atoms with E-state index >= 15 is 0 Å². The Kier molecular flexibility index (Phi) is 4.76. The van der Waals surface area contributed by atoms with Gasteiger partial charge >= 0.3 is 0 Å². The van der Waals surface area contributed by atoms with E-state index in [0.717, 1.165) is 26.1 Å². The van der Waals surface area contributed by atoms with Crippen LogP contribution in [0.25, 0.3) is 0 Å². The molecule has 0 aromatic rings. The summed E-state index contributed by atoms with van der Waals surface area (Å²) in [7, 11) is 0. The molecular weight excluding hydrogens is 268 g/mol. The van der Waals surface area contributed by atoms with Crippen molar-refractivity contribution >= 4 is 11.7 Å². The highest BCUT2D eigenvalue weighted by Crippen LogP contribution is 2.30. The first-order chi connectivity index (χ1) is 9.93. The zero-order valence-electron chi connectivity index (χ0n) is 13.4. The van der Waals surface area contributed by atoms with Crippen LogP contribution in [0.3, 0.4) is 0 Å². The van der Waals surface area contributed by atoms with E-state index in [9.17, 15) is 4.79 Å². The van der Waals surface area contributed by atoms with Crippen LogP contribution in [0.4, 0.5) is 0 Å². The topological polar surface area (TPSA) is 82.2 Å². The van der Waals surface area contributed by atoms with Crippen LogP contribution in [0.1, 0.15) is 46.5 Å². The second-order valence-corrected chi connectivity index (χ2v) is 6.62. The lowest BCUT2D eigenvalue weighted by Gasteiger charge is -2.49. The van der Waals surface area contributed by atoms with Gasteiger partial charge in [0.25, 0.3) is 0 Å². The van der Waals surface area contributed by atoms with E-state index in [1.54, 1.807) is 6.92 Å². The number of nitrogens with two attached hydrogens (primary N) is 1. The lowest BCUT2D eigenvalue weighted by molar-refractivity contribution is -0.145. The summed E-state index contributed by atoms with van der Waals surface area (Å²) in [6.07, 6.45) is 4.18. The number of piperidine rings is 1. The summed E-state index contributed by atoms with van der Waals surface area (Å²) in [6, 6.07) is 0.636. The smallest absolute Gasteiger partial charge is 0.236 e. The number of rotatable bonds is 3. The molecular formula is C15H28N4O2. The largest absolute Gasteiger partial charge is 0.409 e. The van der Waals surface area contributed by atoms with Gasteiger partial charge in [-0.2, -0.15) is 0 Å². The fourth-order valence-corrected chi connectivity index (χ4v) is 3.50. The Morgan fingerprint density at radius 2 is 2.14 bits per heavy atom. The maximum Gasteiger partial charge on any atom is 0.236 e. The highest BCUT2D eigenvalue weighted by molar-refractivity contribution is 6.06. The lowest BCUT2D eigenvalue weighted by atomic mass is 9.83. The Labute approximate surface area is 127 Å². The van der Waals surface area contributed by atoms with Crippen molar-refractivity contribution in [3.05, 3.63) is 0 Å². The third-order valence-electron chi connectivity index (χ3n) is 5.30. The van der Waals surface area contributed by atoms with Crippen molar-refractivity contribution < 1.29 is 10.0 Å². The van der Waals surface area contributed by atoms with E-state index in [0.29, 0.717) is 12.5 Å². The van der Waals surface area contributed by atoms with Crippen molar-refractivity contribution in [1.82, 2.24) is 9.80 Å². The van der Waals surface area contributed by atoms with Crippen molar-refractivity contribution in [3.63, 3.8) is 0 Å². The zero-order chi connectivity index (χ0) is 15.6. The Morgan fingerprint density at radius 1 is 1.43 bits per heavy atom. The third kappa shape index (κ3) is 2.86. The molecule has 0 aromatic carbocycles. The average molecular weight is 296 g/mol. The molecule has 2 aliphatic rings. The number of oxime groups is 1. The van der Waals surface area contributed by atoms with E-state index in [1.807, 2.05) is 11.8 Å². The van der Waals surface area contributed by atoms with Crippen LogP contribution in [-0.2, 0) is 4.79 Å². The highest BCUT2D eigenvalue weighted by atomic mass is 16.4. The number of piperazine rings is 1. The SMILES string of the molecule is CCC(C)(C(=O)N1CC2CCCCN2CC1C)C(N)=NO. The second kappa shape index (κ2) is 6.22. The Bertz CT molecular complexity index is 426. The van der Waals surface area contributed by atoms with E-state index in [4.69, 9.17) is 10.9 Å². The standard InChI is InChI=1S/C15H28N4O2/c1-4-15(3,13(16)17-21)14(20)19-10-12-7-5-6-8-18(12)9-11(19)2/h11-12,21H,4-10H2,1-3H3,(H2,16,17). The molecule has 21 heavy (non-hydrogen) atoms. The summed E-state index contributed by atoms with van der Waals surface area (Å²) in [4.78, 5) is 17.4. The highest BCUT2D eigenvalue weighted by Gasteiger charge is 2.44. The van der Waals surface area contributed by atoms with Gasteiger partial charge < -0.3 is 15.8 Å². The molecule has 2 saturated heterocycles. The summed E-state index contributed by atoms with van der Waals surface area (Å²) in [5, 5.41) is 12.1. The Morgan fingerprint density at radius 3 is 2.76 bits per heavy atom. The summed E-state index contributed by atoms with van der Waals surface area (Å²) < 4.78 is 0. The Hall–Kier alpha value is -1.30. The average Bonchev–Trinajstić information content (AvgIpc) is 2.51. The number of carbonyl (C=O) groups excluding carboxylic acids is 1. The first kappa shape index (κ1) is 16.1. The molecule has 0 bridgehead atoms. The van der Waals surface area contributed by atoms with E-state index in [-0.39, 0.29) is 17.8 Å².